The highest BCUT2D eigenvalue weighted by molar-refractivity contribution is 6.00. The average molecular weight is 674 g/mol. The molecule has 3 unspecified atom stereocenters. The molecule has 270 valence electrons. The van der Waals surface area contributed by atoms with Crippen LogP contribution < -0.4 is 5.32 Å². The Bertz CT molecular complexity index is 1480. The average Bonchev–Trinajstić information content (AvgIpc) is 3.33. The third-order valence-electron chi connectivity index (χ3n) is 15.5. The number of carbonyl (C=O) groups is 3. The van der Waals surface area contributed by atoms with Crippen molar-refractivity contribution in [3.8, 4) is 0 Å². The van der Waals surface area contributed by atoms with Gasteiger partial charge < -0.3 is 15.2 Å². The standard InChI is InChI=1S/C43H63NO5/c1-27(2)36-32(45)24-43(22-23-44-26-29-12-10-9-11-13-29)21-20-41(7)31(37(36)43)14-15-34-40(6)18-17-33(28(3)30(40)16-19-42(34,41)8)49-35(46)25-39(4,5)38(47)48/h9-13,27-28,30-31,33-34,44H,14-26H2,1-8H3,(H,47,48)/t28?,30?,31-,33+,34?,40+,41-,42-,43-/m1/s1. The summed E-state index contributed by atoms with van der Waals surface area (Å²) < 4.78 is 6.07. The van der Waals surface area contributed by atoms with Gasteiger partial charge in [-0.25, -0.2) is 0 Å². The molecule has 0 saturated heterocycles. The van der Waals surface area contributed by atoms with E-state index >= 15 is 0 Å². The van der Waals surface area contributed by atoms with Crippen LogP contribution in [0.2, 0.25) is 0 Å². The van der Waals surface area contributed by atoms with Crippen molar-refractivity contribution in [2.24, 2.45) is 56.7 Å². The first-order valence-corrected chi connectivity index (χ1v) is 19.4. The lowest BCUT2D eigenvalue weighted by molar-refractivity contribution is -0.216. The molecule has 0 spiro atoms. The third kappa shape index (κ3) is 5.94. The molecule has 5 aliphatic carbocycles. The zero-order chi connectivity index (χ0) is 35.6. The summed E-state index contributed by atoms with van der Waals surface area (Å²) in [5, 5.41) is 13.3. The van der Waals surface area contributed by atoms with Crippen LogP contribution >= 0.6 is 0 Å². The van der Waals surface area contributed by atoms with Gasteiger partial charge in [-0.1, -0.05) is 77.4 Å². The largest absolute Gasteiger partial charge is 0.481 e. The van der Waals surface area contributed by atoms with Gasteiger partial charge in [0, 0.05) is 18.4 Å². The van der Waals surface area contributed by atoms with E-state index in [-0.39, 0.29) is 52.0 Å². The number of carboxylic acids is 1. The number of carbonyl (C=O) groups excluding carboxylic acids is 2. The zero-order valence-corrected chi connectivity index (χ0v) is 31.6. The molecule has 4 fully saturated rings. The second kappa shape index (κ2) is 12.9. The number of hydrogen-bond donors (Lipinski definition) is 2. The number of allylic oxidation sites excluding steroid dienone is 2. The Balaban J connectivity index is 1.22. The normalized spacial score (nSPS) is 38.8. The number of rotatable bonds is 10. The van der Waals surface area contributed by atoms with Crippen LogP contribution in [-0.4, -0.2) is 35.5 Å². The number of nitrogens with one attached hydrogen (secondary N) is 1. The number of ether oxygens (including phenoxy) is 1. The van der Waals surface area contributed by atoms with E-state index in [1.807, 2.05) is 0 Å². The van der Waals surface area contributed by atoms with Crippen LogP contribution in [0.3, 0.4) is 0 Å². The predicted octanol–water partition coefficient (Wildman–Crippen LogP) is 9.17. The first-order chi connectivity index (χ1) is 23.0. The minimum atomic E-state index is -1.13. The molecule has 0 aliphatic heterocycles. The number of carboxylic acid groups (broad SMARTS) is 1. The van der Waals surface area contributed by atoms with E-state index in [0.717, 1.165) is 51.6 Å². The molecule has 9 atom stereocenters. The van der Waals surface area contributed by atoms with Crippen molar-refractivity contribution in [1.82, 2.24) is 5.32 Å². The van der Waals surface area contributed by atoms with E-state index < -0.39 is 11.4 Å². The van der Waals surface area contributed by atoms with Crippen molar-refractivity contribution in [2.45, 2.75) is 139 Å². The van der Waals surface area contributed by atoms with Gasteiger partial charge in [-0.05, 0) is 135 Å². The fourth-order valence-electron chi connectivity index (χ4n) is 12.6. The second-order valence-corrected chi connectivity index (χ2v) is 18.7. The van der Waals surface area contributed by atoms with Gasteiger partial charge in [0.05, 0.1) is 11.8 Å². The minimum Gasteiger partial charge on any atom is -0.481 e. The van der Waals surface area contributed by atoms with Crippen molar-refractivity contribution in [1.29, 1.82) is 0 Å². The smallest absolute Gasteiger partial charge is 0.309 e. The molecule has 0 amide bonds. The number of esters is 1. The molecule has 4 saturated carbocycles. The van der Waals surface area contributed by atoms with Crippen LogP contribution in [-0.2, 0) is 25.7 Å². The summed E-state index contributed by atoms with van der Waals surface area (Å²) in [6, 6.07) is 10.6. The Morgan fingerprint density at radius 2 is 1.69 bits per heavy atom. The van der Waals surface area contributed by atoms with E-state index in [1.165, 1.54) is 30.4 Å². The summed E-state index contributed by atoms with van der Waals surface area (Å²) in [6.45, 7) is 19.5. The topological polar surface area (TPSA) is 92.7 Å². The highest BCUT2D eigenvalue weighted by Crippen LogP contribution is 2.76. The van der Waals surface area contributed by atoms with E-state index in [9.17, 15) is 19.5 Å². The number of aliphatic carboxylic acids is 1. The van der Waals surface area contributed by atoms with Crippen LogP contribution in [0.1, 0.15) is 132 Å². The molecule has 0 heterocycles. The fourth-order valence-corrected chi connectivity index (χ4v) is 12.6. The van der Waals surface area contributed by atoms with Gasteiger partial charge in [-0.15, -0.1) is 0 Å². The van der Waals surface area contributed by atoms with E-state index in [4.69, 9.17) is 4.74 Å². The molecule has 6 rings (SSSR count). The number of hydrogen-bond acceptors (Lipinski definition) is 5. The second-order valence-electron chi connectivity index (χ2n) is 18.7. The molecule has 49 heavy (non-hydrogen) atoms. The summed E-state index contributed by atoms with van der Waals surface area (Å²) >= 11 is 0. The highest BCUT2D eigenvalue weighted by atomic mass is 16.5. The third-order valence-corrected chi connectivity index (χ3v) is 15.5. The monoisotopic (exact) mass is 673 g/mol. The lowest BCUT2D eigenvalue weighted by Gasteiger charge is -2.71. The highest BCUT2D eigenvalue weighted by Gasteiger charge is 2.69. The Labute approximate surface area is 295 Å². The van der Waals surface area contributed by atoms with Gasteiger partial charge in [0.15, 0.2) is 5.78 Å². The SMILES string of the molecule is CC(C)C1=C2[C@H]3CCC4[C@@]5(C)CC[C@H](OC(=O)CC(C)(C)C(=O)O)C(C)C5CC[C@@]4(C)[C@]3(C)CC[C@@]2(CCNCc2ccccc2)CC1=O. The van der Waals surface area contributed by atoms with Crippen molar-refractivity contribution in [2.75, 3.05) is 6.54 Å². The first kappa shape index (κ1) is 36.3. The van der Waals surface area contributed by atoms with Gasteiger partial charge in [0.2, 0.25) is 0 Å². The summed E-state index contributed by atoms with van der Waals surface area (Å²) in [4.78, 5) is 38.5. The molecule has 6 nitrogen and oxygen atoms in total. The Morgan fingerprint density at radius 3 is 2.37 bits per heavy atom. The van der Waals surface area contributed by atoms with Crippen LogP contribution in [0.4, 0.5) is 0 Å². The van der Waals surface area contributed by atoms with Crippen molar-refractivity contribution in [3.63, 3.8) is 0 Å². The number of fused-ring (bicyclic) bond motifs is 7. The summed E-state index contributed by atoms with van der Waals surface area (Å²) in [7, 11) is 0. The number of ketones is 1. The first-order valence-electron chi connectivity index (χ1n) is 19.4. The number of Topliss-reactive ketones (excluding diaryl/α,β-unsaturated/α-hetero) is 1. The summed E-state index contributed by atoms with van der Waals surface area (Å²) in [5.41, 5.74) is 3.37. The van der Waals surface area contributed by atoms with E-state index in [0.29, 0.717) is 30.0 Å². The summed E-state index contributed by atoms with van der Waals surface area (Å²) in [6.07, 6.45) is 10.3. The lowest BCUT2D eigenvalue weighted by atomic mass is 9.34. The Kier molecular flexibility index (Phi) is 9.59. The Hall–Kier alpha value is -2.47. The predicted molar refractivity (Wildman–Crippen MR) is 193 cm³/mol. The molecular formula is C43H63NO5. The van der Waals surface area contributed by atoms with Crippen LogP contribution in [0.15, 0.2) is 41.5 Å². The Morgan fingerprint density at radius 1 is 0.980 bits per heavy atom. The van der Waals surface area contributed by atoms with Gasteiger partial charge in [0.1, 0.15) is 6.10 Å². The molecule has 0 bridgehead atoms. The van der Waals surface area contributed by atoms with Crippen molar-refractivity contribution in [3.05, 3.63) is 47.0 Å². The molecule has 1 aromatic carbocycles. The zero-order valence-electron chi connectivity index (χ0n) is 31.6. The molecule has 1 aromatic rings. The fraction of sp³-hybridized carbons (Fsp3) is 0.744. The van der Waals surface area contributed by atoms with E-state index in [1.54, 1.807) is 19.4 Å². The van der Waals surface area contributed by atoms with Crippen molar-refractivity contribution >= 4 is 17.7 Å². The molecular weight excluding hydrogens is 610 g/mol. The maximum atomic E-state index is 13.9. The van der Waals surface area contributed by atoms with Gasteiger partial charge in [-0.2, -0.15) is 0 Å². The van der Waals surface area contributed by atoms with Crippen molar-refractivity contribution < 1.29 is 24.2 Å². The molecule has 5 aliphatic rings. The van der Waals surface area contributed by atoms with E-state index in [2.05, 4.69) is 77.2 Å². The number of benzene rings is 1. The van der Waals surface area contributed by atoms with Crippen LogP contribution in [0.25, 0.3) is 0 Å². The molecule has 2 N–H and O–H groups in total. The van der Waals surface area contributed by atoms with Gasteiger partial charge >= 0.3 is 11.9 Å². The maximum Gasteiger partial charge on any atom is 0.309 e. The van der Waals surface area contributed by atoms with Gasteiger partial charge in [-0.3, -0.25) is 14.4 Å². The lowest BCUT2D eigenvalue weighted by Crippen LogP contribution is -2.64. The molecule has 0 aromatic heterocycles. The maximum absolute atomic E-state index is 13.9. The minimum absolute atomic E-state index is 0.0134. The van der Waals surface area contributed by atoms with Gasteiger partial charge in [0.25, 0.3) is 0 Å². The summed E-state index contributed by atoms with van der Waals surface area (Å²) in [5.74, 6) is 1.07. The molecule has 0 radical (unpaired) electrons. The quantitative estimate of drug-likeness (QED) is 0.190. The van der Waals surface area contributed by atoms with Crippen LogP contribution in [0.5, 0.6) is 0 Å². The molecule has 6 heteroatoms. The van der Waals surface area contributed by atoms with Crippen LogP contribution in [0, 0.1) is 56.7 Å².